The van der Waals surface area contributed by atoms with E-state index in [1.54, 1.807) is 43.5 Å². The normalized spacial score (nSPS) is 12.1. The van der Waals surface area contributed by atoms with Crippen LogP contribution in [-0.4, -0.2) is 41.3 Å². The molecule has 0 saturated carbocycles. The first-order valence-electron chi connectivity index (χ1n) is 8.29. The van der Waals surface area contributed by atoms with Gasteiger partial charge >= 0.3 is 0 Å². The fourth-order valence-corrected chi connectivity index (χ4v) is 3.40. The summed E-state index contributed by atoms with van der Waals surface area (Å²) in [5.41, 5.74) is 1.28. The Hall–Kier alpha value is -2.74. The summed E-state index contributed by atoms with van der Waals surface area (Å²) in [5, 5.41) is 2.82. The van der Waals surface area contributed by atoms with Crippen LogP contribution in [0.3, 0.4) is 0 Å². The molecule has 0 saturated heterocycles. The van der Waals surface area contributed by atoms with Crippen molar-refractivity contribution in [1.82, 2.24) is 5.32 Å². The zero-order valence-corrected chi connectivity index (χ0v) is 16.6. The third-order valence-electron chi connectivity index (χ3n) is 4.04. The number of amides is 1. The zero-order chi connectivity index (χ0) is 20.0. The maximum absolute atomic E-state index is 12.4. The topological polar surface area (TPSA) is 84.9 Å². The molecule has 1 N–H and O–H groups in total. The molecule has 2 rings (SSSR count). The predicted octanol–water partition coefficient (Wildman–Crippen LogP) is 2.35. The van der Waals surface area contributed by atoms with E-state index in [1.165, 1.54) is 7.11 Å². The van der Waals surface area contributed by atoms with Crippen LogP contribution in [-0.2, 0) is 14.8 Å². The van der Waals surface area contributed by atoms with Crippen molar-refractivity contribution in [3.63, 3.8) is 0 Å². The third-order valence-corrected chi connectivity index (χ3v) is 5.18. The number of nitrogens with one attached hydrogen (secondary N) is 1. The first-order valence-corrected chi connectivity index (χ1v) is 10.1. The van der Waals surface area contributed by atoms with E-state index in [0.717, 1.165) is 21.9 Å². The number of methoxy groups -OCH3 is 2. The minimum atomic E-state index is -3.63. The molecule has 0 radical (unpaired) electrons. The Kier molecular flexibility index (Phi) is 6.68. The SMILES string of the molecule is COc1ccc([C@H](C)NC(=O)CN(c2ccc(OC)cc2)S(C)(=O)=O)cc1. The first-order chi connectivity index (χ1) is 12.7. The van der Waals surface area contributed by atoms with Gasteiger partial charge in [-0.3, -0.25) is 9.10 Å². The Morgan fingerprint density at radius 3 is 1.93 bits per heavy atom. The summed E-state index contributed by atoms with van der Waals surface area (Å²) in [6.07, 6.45) is 1.07. The molecule has 0 bridgehead atoms. The molecule has 2 aromatic rings. The number of hydrogen-bond donors (Lipinski definition) is 1. The smallest absolute Gasteiger partial charge is 0.241 e. The minimum Gasteiger partial charge on any atom is -0.497 e. The van der Waals surface area contributed by atoms with Crippen molar-refractivity contribution >= 4 is 21.6 Å². The van der Waals surface area contributed by atoms with Crippen molar-refractivity contribution in [2.75, 3.05) is 31.3 Å². The number of nitrogens with zero attached hydrogens (tertiary/aromatic N) is 1. The molecule has 0 unspecified atom stereocenters. The second-order valence-corrected chi connectivity index (χ2v) is 7.94. The van der Waals surface area contributed by atoms with Gasteiger partial charge < -0.3 is 14.8 Å². The van der Waals surface area contributed by atoms with Gasteiger partial charge in [0.1, 0.15) is 18.0 Å². The molecule has 0 spiro atoms. The monoisotopic (exact) mass is 392 g/mol. The van der Waals surface area contributed by atoms with E-state index in [0.29, 0.717) is 11.4 Å². The zero-order valence-electron chi connectivity index (χ0n) is 15.8. The average molecular weight is 392 g/mol. The summed E-state index contributed by atoms with van der Waals surface area (Å²) in [6.45, 7) is 1.52. The Morgan fingerprint density at radius 1 is 1.00 bits per heavy atom. The number of carbonyl (C=O) groups is 1. The fourth-order valence-electron chi connectivity index (χ4n) is 2.54. The maximum Gasteiger partial charge on any atom is 0.241 e. The number of hydrogen-bond acceptors (Lipinski definition) is 5. The van der Waals surface area contributed by atoms with E-state index < -0.39 is 15.9 Å². The van der Waals surface area contributed by atoms with Gasteiger partial charge in [-0.1, -0.05) is 12.1 Å². The Labute approximate surface area is 160 Å². The van der Waals surface area contributed by atoms with Crippen LogP contribution in [0.25, 0.3) is 0 Å². The highest BCUT2D eigenvalue weighted by Crippen LogP contribution is 2.22. The van der Waals surface area contributed by atoms with Crippen molar-refractivity contribution in [3.8, 4) is 11.5 Å². The van der Waals surface area contributed by atoms with Gasteiger partial charge in [0.25, 0.3) is 0 Å². The van der Waals surface area contributed by atoms with E-state index in [1.807, 2.05) is 19.1 Å². The summed E-state index contributed by atoms with van der Waals surface area (Å²) in [7, 11) is -0.519. The highest BCUT2D eigenvalue weighted by molar-refractivity contribution is 7.92. The van der Waals surface area contributed by atoms with Crippen molar-refractivity contribution < 1.29 is 22.7 Å². The number of anilines is 1. The first kappa shape index (κ1) is 20.6. The molecule has 0 aliphatic heterocycles. The van der Waals surface area contributed by atoms with Crippen molar-refractivity contribution in [2.24, 2.45) is 0 Å². The molecule has 7 nitrogen and oxygen atoms in total. The van der Waals surface area contributed by atoms with Crippen molar-refractivity contribution in [2.45, 2.75) is 13.0 Å². The summed E-state index contributed by atoms with van der Waals surface area (Å²) in [6, 6.07) is 13.5. The molecule has 0 aliphatic carbocycles. The lowest BCUT2D eigenvalue weighted by molar-refractivity contribution is -0.120. The van der Waals surface area contributed by atoms with Gasteiger partial charge in [0.15, 0.2) is 0 Å². The summed E-state index contributed by atoms with van der Waals surface area (Å²) in [4.78, 5) is 12.4. The van der Waals surface area contributed by atoms with Crippen LogP contribution in [0.1, 0.15) is 18.5 Å². The van der Waals surface area contributed by atoms with E-state index in [2.05, 4.69) is 5.32 Å². The Balaban J connectivity index is 2.10. The lowest BCUT2D eigenvalue weighted by atomic mass is 10.1. The number of sulfonamides is 1. The van der Waals surface area contributed by atoms with Gasteiger partial charge in [0, 0.05) is 0 Å². The molecule has 0 fully saturated rings. The van der Waals surface area contributed by atoms with Crippen LogP contribution < -0.4 is 19.1 Å². The molecular formula is C19H24N2O5S. The molecule has 2 aromatic carbocycles. The lowest BCUT2D eigenvalue weighted by Crippen LogP contribution is -2.41. The second-order valence-electron chi connectivity index (χ2n) is 6.03. The highest BCUT2D eigenvalue weighted by atomic mass is 32.2. The molecule has 1 atom stereocenters. The summed E-state index contributed by atoms with van der Waals surface area (Å²) < 4.78 is 35.5. The highest BCUT2D eigenvalue weighted by Gasteiger charge is 2.22. The second kappa shape index (κ2) is 8.77. The van der Waals surface area contributed by atoms with E-state index in [-0.39, 0.29) is 12.6 Å². The predicted molar refractivity (Wildman–Crippen MR) is 105 cm³/mol. The molecule has 27 heavy (non-hydrogen) atoms. The van der Waals surface area contributed by atoms with Crippen LogP contribution in [0.5, 0.6) is 11.5 Å². The van der Waals surface area contributed by atoms with Crippen LogP contribution in [0.15, 0.2) is 48.5 Å². The number of carbonyl (C=O) groups excluding carboxylic acids is 1. The molecule has 1 amide bonds. The number of ether oxygens (including phenoxy) is 2. The number of benzene rings is 2. The third kappa shape index (κ3) is 5.62. The molecule has 0 aromatic heterocycles. The molecule has 146 valence electrons. The Morgan fingerprint density at radius 2 is 1.48 bits per heavy atom. The molecule has 0 heterocycles. The van der Waals surface area contributed by atoms with Crippen LogP contribution in [0.4, 0.5) is 5.69 Å². The molecule has 8 heteroatoms. The van der Waals surface area contributed by atoms with Crippen LogP contribution in [0, 0.1) is 0 Å². The maximum atomic E-state index is 12.4. The summed E-state index contributed by atoms with van der Waals surface area (Å²) >= 11 is 0. The molecular weight excluding hydrogens is 368 g/mol. The van der Waals surface area contributed by atoms with E-state index in [9.17, 15) is 13.2 Å². The van der Waals surface area contributed by atoms with E-state index >= 15 is 0 Å². The molecule has 0 aliphatic rings. The lowest BCUT2D eigenvalue weighted by Gasteiger charge is -2.23. The summed E-state index contributed by atoms with van der Waals surface area (Å²) in [5.74, 6) is 0.921. The quantitative estimate of drug-likeness (QED) is 0.745. The van der Waals surface area contributed by atoms with Gasteiger partial charge in [-0.15, -0.1) is 0 Å². The largest absolute Gasteiger partial charge is 0.497 e. The average Bonchev–Trinajstić information content (AvgIpc) is 2.65. The van der Waals surface area contributed by atoms with Gasteiger partial charge in [-0.05, 0) is 48.9 Å². The Bertz CT molecular complexity index is 864. The van der Waals surface area contributed by atoms with Gasteiger partial charge in [-0.2, -0.15) is 0 Å². The standard InChI is InChI=1S/C19H24N2O5S/c1-14(15-5-9-17(25-2)10-6-15)20-19(22)13-21(27(4,23)24)16-7-11-18(26-3)12-8-16/h5-12,14H,13H2,1-4H3,(H,20,22)/t14-/m0/s1. The van der Waals surface area contributed by atoms with Gasteiger partial charge in [0.05, 0.1) is 32.2 Å². The van der Waals surface area contributed by atoms with Crippen molar-refractivity contribution in [1.29, 1.82) is 0 Å². The fraction of sp³-hybridized carbons (Fsp3) is 0.316. The number of rotatable bonds is 8. The van der Waals surface area contributed by atoms with Gasteiger partial charge in [-0.25, -0.2) is 8.42 Å². The van der Waals surface area contributed by atoms with Crippen LogP contribution >= 0.6 is 0 Å². The minimum absolute atomic E-state index is 0.277. The van der Waals surface area contributed by atoms with Crippen molar-refractivity contribution in [3.05, 3.63) is 54.1 Å². The van der Waals surface area contributed by atoms with E-state index in [4.69, 9.17) is 9.47 Å². The van der Waals surface area contributed by atoms with Crippen LogP contribution in [0.2, 0.25) is 0 Å². The van der Waals surface area contributed by atoms with Gasteiger partial charge in [0.2, 0.25) is 15.9 Å².